The summed E-state index contributed by atoms with van der Waals surface area (Å²) < 4.78 is 10.5. The van der Waals surface area contributed by atoms with E-state index in [2.05, 4.69) is 0 Å². The van der Waals surface area contributed by atoms with Crippen molar-refractivity contribution in [3.8, 4) is 11.5 Å². The molecule has 0 aliphatic rings. The molecule has 0 radical (unpaired) electrons. The smallest absolute Gasteiger partial charge is 0.352 e. The van der Waals surface area contributed by atoms with Gasteiger partial charge in [0.05, 0.1) is 19.1 Å². The molecule has 1 amide bonds. The molecule has 0 heterocycles. The van der Waals surface area contributed by atoms with Crippen LogP contribution in [0.5, 0.6) is 11.5 Å². The average Bonchev–Trinajstić information content (AvgIpc) is 2.83. The standard InChI is InChI=1S/C24H25N5O5.ClH/c1-33-19-12-17(13-20(34-2)22(19)29(31)32)21(24(27)30)28(14-15-6-4-3-5-7-15)18-10-8-16(9-11-18)23(25)26;/h3-13,21H,14H2,1-2H3,(H3,25,26)(H2,27,30);1H. The van der Waals surface area contributed by atoms with Crippen molar-refractivity contribution in [2.45, 2.75) is 12.6 Å². The SMILES string of the molecule is COc1cc(C(C(N)=O)N(Cc2ccccc2)c2ccc(C(=N)N)cc2)cc(OC)c1[N+](=O)[O-].Cl. The van der Waals surface area contributed by atoms with Crippen molar-refractivity contribution in [2.24, 2.45) is 11.5 Å². The lowest BCUT2D eigenvalue weighted by Crippen LogP contribution is -2.37. The van der Waals surface area contributed by atoms with Crippen LogP contribution >= 0.6 is 12.4 Å². The van der Waals surface area contributed by atoms with E-state index >= 15 is 0 Å². The fraction of sp³-hybridized carbons (Fsp3) is 0.167. The maximum atomic E-state index is 12.8. The Labute approximate surface area is 208 Å². The summed E-state index contributed by atoms with van der Waals surface area (Å²) >= 11 is 0. The van der Waals surface area contributed by atoms with E-state index < -0.39 is 16.9 Å². The fourth-order valence-corrected chi connectivity index (χ4v) is 3.69. The Morgan fingerprint density at radius 3 is 2.00 bits per heavy atom. The summed E-state index contributed by atoms with van der Waals surface area (Å²) in [6.45, 7) is 0.301. The number of carbonyl (C=O) groups is 1. The van der Waals surface area contributed by atoms with Crippen molar-refractivity contribution in [3.63, 3.8) is 0 Å². The number of amides is 1. The Balaban J connectivity index is 0.00000432. The minimum atomic E-state index is -1.02. The van der Waals surface area contributed by atoms with Crippen LogP contribution in [-0.2, 0) is 11.3 Å². The lowest BCUT2D eigenvalue weighted by molar-refractivity contribution is -0.386. The third-order valence-electron chi connectivity index (χ3n) is 5.29. The van der Waals surface area contributed by atoms with Gasteiger partial charge in [-0.1, -0.05) is 30.3 Å². The molecule has 0 saturated heterocycles. The first-order valence-corrected chi connectivity index (χ1v) is 10.2. The average molecular weight is 500 g/mol. The van der Waals surface area contributed by atoms with Crippen molar-refractivity contribution >= 4 is 35.5 Å². The van der Waals surface area contributed by atoms with Gasteiger partial charge >= 0.3 is 5.69 Å². The molecule has 0 aromatic heterocycles. The van der Waals surface area contributed by atoms with Crippen LogP contribution in [0.25, 0.3) is 0 Å². The first-order valence-electron chi connectivity index (χ1n) is 10.2. The molecule has 10 nitrogen and oxygen atoms in total. The number of nitrogens with one attached hydrogen (secondary N) is 1. The lowest BCUT2D eigenvalue weighted by Gasteiger charge is -2.32. The van der Waals surface area contributed by atoms with Gasteiger partial charge in [-0.3, -0.25) is 20.3 Å². The number of primary amides is 1. The van der Waals surface area contributed by atoms with E-state index in [1.54, 1.807) is 29.2 Å². The van der Waals surface area contributed by atoms with E-state index in [9.17, 15) is 14.9 Å². The van der Waals surface area contributed by atoms with Crippen LogP contribution in [0.15, 0.2) is 66.7 Å². The highest BCUT2D eigenvalue weighted by atomic mass is 35.5. The van der Waals surface area contributed by atoms with E-state index in [1.165, 1.54) is 26.4 Å². The van der Waals surface area contributed by atoms with Crippen LogP contribution in [0.1, 0.15) is 22.7 Å². The molecule has 3 rings (SSSR count). The number of benzene rings is 3. The highest BCUT2D eigenvalue weighted by Crippen LogP contribution is 2.41. The Hall–Kier alpha value is -4.31. The quantitative estimate of drug-likeness (QED) is 0.166. The van der Waals surface area contributed by atoms with Gasteiger partial charge in [-0.25, -0.2) is 0 Å². The number of anilines is 1. The number of halogens is 1. The maximum absolute atomic E-state index is 12.8. The van der Waals surface area contributed by atoms with Crippen molar-refractivity contribution in [3.05, 3.63) is 93.5 Å². The van der Waals surface area contributed by atoms with Gasteiger partial charge in [0, 0.05) is 17.8 Å². The molecule has 3 aromatic carbocycles. The van der Waals surface area contributed by atoms with Crippen LogP contribution in [0.2, 0.25) is 0 Å². The zero-order chi connectivity index (χ0) is 24.8. The first kappa shape index (κ1) is 26.9. The molecule has 35 heavy (non-hydrogen) atoms. The summed E-state index contributed by atoms with van der Waals surface area (Å²) in [6, 6.07) is 18.1. The number of nitrogens with two attached hydrogens (primary N) is 2. The Bertz CT molecular complexity index is 1180. The molecule has 1 unspecified atom stereocenters. The van der Waals surface area contributed by atoms with Gasteiger partial charge in [0.2, 0.25) is 17.4 Å². The molecular weight excluding hydrogens is 474 g/mol. The largest absolute Gasteiger partial charge is 0.490 e. The van der Waals surface area contributed by atoms with Crippen LogP contribution < -0.4 is 25.8 Å². The van der Waals surface area contributed by atoms with Crippen LogP contribution in [0.3, 0.4) is 0 Å². The van der Waals surface area contributed by atoms with Gasteiger partial charge < -0.3 is 25.8 Å². The first-order chi connectivity index (χ1) is 16.3. The molecule has 3 aromatic rings. The van der Waals surface area contributed by atoms with Gasteiger partial charge in [-0.05, 0) is 47.5 Å². The minimum absolute atomic E-state index is 0. The molecule has 0 fully saturated rings. The molecule has 5 N–H and O–H groups in total. The summed E-state index contributed by atoms with van der Waals surface area (Å²) in [5.74, 6) is -0.878. The predicted octanol–water partition coefficient (Wildman–Crippen LogP) is 3.55. The second kappa shape index (κ2) is 11.7. The number of nitrogens with zero attached hydrogens (tertiary/aromatic N) is 2. The van der Waals surface area contributed by atoms with Gasteiger partial charge in [0.25, 0.3) is 0 Å². The zero-order valence-electron chi connectivity index (χ0n) is 19.1. The summed E-state index contributed by atoms with van der Waals surface area (Å²) in [5, 5.41) is 19.2. The van der Waals surface area contributed by atoms with Gasteiger partial charge in [-0.15, -0.1) is 12.4 Å². The molecular formula is C24H26ClN5O5. The fourth-order valence-electron chi connectivity index (χ4n) is 3.69. The third kappa shape index (κ3) is 5.98. The number of nitrogen functional groups attached to an aromatic ring is 1. The minimum Gasteiger partial charge on any atom is -0.490 e. The van der Waals surface area contributed by atoms with E-state index in [-0.39, 0.29) is 35.4 Å². The van der Waals surface area contributed by atoms with Crippen LogP contribution in [0, 0.1) is 15.5 Å². The molecule has 0 aliphatic carbocycles. The number of carbonyl (C=O) groups excluding carboxylic acids is 1. The third-order valence-corrected chi connectivity index (χ3v) is 5.29. The highest BCUT2D eigenvalue weighted by Gasteiger charge is 2.31. The zero-order valence-corrected chi connectivity index (χ0v) is 20.0. The molecule has 11 heteroatoms. The Morgan fingerprint density at radius 2 is 1.57 bits per heavy atom. The second-order valence-electron chi connectivity index (χ2n) is 7.41. The normalized spacial score (nSPS) is 11.0. The summed E-state index contributed by atoms with van der Waals surface area (Å²) in [6.07, 6.45) is 0. The van der Waals surface area contributed by atoms with Crippen LogP contribution in [-0.4, -0.2) is 30.9 Å². The molecule has 0 aliphatic heterocycles. The van der Waals surface area contributed by atoms with Gasteiger partial charge in [0.15, 0.2) is 0 Å². The van der Waals surface area contributed by atoms with Crippen LogP contribution in [0.4, 0.5) is 11.4 Å². The number of hydrogen-bond donors (Lipinski definition) is 3. The van der Waals surface area contributed by atoms with E-state index in [1.807, 2.05) is 30.3 Å². The molecule has 1 atom stereocenters. The summed E-state index contributed by atoms with van der Waals surface area (Å²) in [7, 11) is 2.60. The van der Waals surface area contributed by atoms with Gasteiger partial charge in [-0.2, -0.15) is 0 Å². The summed E-state index contributed by atoms with van der Waals surface area (Å²) in [4.78, 5) is 25.5. The molecule has 0 saturated carbocycles. The number of rotatable bonds is 10. The molecule has 184 valence electrons. The maximum Gasteiger partial charge on any atom is 0.352 e. The van der Waals surface area contributed by atoms with E-state index in [4.69, 9.17) is 26.4 Å². The molecule has 0 bridgehead atoms. The van der Waals surface area contributed by atoms with Crippen molar-refractivity contribution in [1.82, 2.24) is 0 Å². The number of nitro benzene ring substituents is 1. The number of hydrogen-bond acceptors (Lipinski definition) is 7. The molecule has 0 spiro atoms. The van der Waals surface area contributed by atoms with Crippen molar-refractivity contribution < 1.29 is 19.2 Å². The number of nitro groups is 1. The van der Waals surface area contributed by atoms with E-state index in [0.717, 1.165) is 5.56 Å². The summed E-state index contributed by atoms with van der Waals surface area (Å²) in [5.41, 5.74) is 13.5. The predicted molar refractivity (Wildman–Crippen MR) is 135 cm³/mol. The highest BCUT2D eigenvalue weighted by molar-refractivity contribution is 5.95. The number of amidine groups is 1. The monoisotopic (exact) mass is 499 g/mol. The second-order valence-corrected chi connectivity index (χ2v) is 7.41. The lowest BCUT2D eigenvalue weighted by atomic mass is 10.0. The topological polar surface area (TPSA) is 158 Å². The van der Waals surface area contributed by atoms with E-state index in [0.29, 0.717) is 23.4 Å². The Kier molecular flexibility index (Phi) is 9.01. The number of ether oxygens (including phenoxy) is 2. The van der Waals surface area contributed by atoms with Crippen molar-refractivity contribution in [1.29, 1.82) is 5.41 Å². The van der Waals surface area contributed by atoms with Gasteiger partial charge in [0.1, 0.15) is 11.9 Å². The van der Waals surface area contributed by atoms with Crippen molar-refractivity contribution in [2.75, 3.05) is 19.1 Å². The number of methoxy groups -OCH3 is 2. The Morgan fingerprint density at radius 1 is 1.03 bits per heavy atom.